The summed E-state index contributed by atoms with van der Waals surface area (Å²) in [6.45, 7) is 1.46. The number of H-pyrrole nitrogens is 1. The maximum Gasteiger partial charge on any atom is 0.277 e. The van der Waals surface area contributed by atoms with E-state index >= 15 is 0 Å². The summed E-state index contributed by atoms with van der Waals surface area (Å²) in [6, 6.07) is 0. The van der Waals surface area contributed by atoms with Crippen molar-refractivity contribution in [2.45, 2.75) is 0 Å². The SMILES string of the molecule is NNc1nc2c(c(=O)[nH]1)NCCN2. The summed E-state index contributed by atoms with van der Waals surface area (Å²) in [7, 11) is 0. The lowest BCUT2D eigenvalue weighted by Crippen LogP contribution is -2.29. The summed E-state index contributed by atoms with van der Waals surface area (Å²) in [5.74, 6) is 5.90. The van der Waals surface area contributed by atoms with Gasteiger partial charge in [0.05, 0.1) is 0 Å². The number of aromatic nitrogens is 2. The molecule has 2 rings (SSSR count). The van der Waals surface area contributed by atoms with Crippen LogP contribution in [0.5, 0.6) is 0 Å². The first-order chi connectivity index (χ1) is 6.31. The van der Waals surface area contributed by atoms with Gasteiger partial charge in [-0.3, -0.25) is 15.2 Å². The molecule has 0 aliphatic carbocycles. The van der Waals surface area contributed by atoms with E-state index in [-0.39, 0.29) is 11.5 Å². The first-order valence-electron chi connectivity index (χ1n) is 3.90. The molecule has 0 radical (unpaired) electrons. The maximum atomic E-state index is 11.3. The van der Waals surface area contributed by atoms with Crippen molar-refractivity contribution in [2.75, 3.05) is 29.1 Å². The Labute approximate surface area is 73.7 Å². The van der Waals surface area contributed by atoms with Gasteiger partial charge >= 0.3 is 0 Å². The van der Waals surface area contributed by atoms with Crippen molar-refractivity contribution in [1.29, 1.82) is 0 Å². The number of fused-ring (bicyclic) bond motifs is 1. The Morgan fingerprint density at radius 1 is 1.38 bits per heavy atom. The molecule has 1 aromatic rings. The molecule has 7 nitrogen and oxygen atoms in total. The van der Waals surface area contributed by atoms with Crippen molar-refractivity contribution in [3.8, 4) is 0 Å². The van der Waals surface area contributed by atoms with E-state index in [1.165, 1.54) is 0 Å². The highest BCUT2D eigenvalue weighted by molar-refractivity contribution is 5.66. The van der Waals surface area contributed by atoms with Gasteiger partial charge in [-0.05, 0) is 0 Å². The number of hydrogen-bond acceptors (Lipinski definition) is 6. The van der Waals surface area contributed by atoms with Gasteiger partial charge in [-0.15, -0.1) is 0 Å². The zero-order valence-corrected chi connectivity index (χ0v) is 6.85. The molecule has 0 amide bonds. The van der Waals surface area contributed by atoms with Crippen molar-refractivity contribution in [3.05, 3.63) is 10.4 Å². The molecule has 6 N–H and O–H groups in total. The number of anilines is 3. The number of nitrogens with one attached hydrogen (secondary N) is 4. The molecule has 0 atom stereocenters. The molecule has 0 fully saturated rings. The summed E-state index contributed by atoms with van der Waals surface area (Å²) in [4.78, 5) is 17.9. The van der Waals surface area contributed by atoms with E-state index in [9.17, 15) is 4.79 Å². The highest BCUT2D eigenvalue weighted by Crippen LogP contribution is 2.16. The van der Waals surface area contributed by atoms with E-state index in [2.05, 4.69) is 26.0 Å². The van der Waals surface area contributed by atoms with Crippen LogP contribution < -0.4 is 27.5 Å². The fourth-order valence-electron chi connectivity index (χ4n) is 1.20. The van der Waals surface area contributed by atoms with Crippen molar-refractivity contribution in [3.63, 3.8) is 0 Å². The lowest BCUT2D eigenvalue weighted by Gasteiger charge is -2.17. The number of aromatic amines is 1. The van der Waals surface area contributed by atoms with Crippen LogP contribution in [-0.2, 0) is 0 Å². The van der Waals surface area contributed by atoms with Gasteiger partial charge in [0, 0.05) is 13.1 Å². The molecule has 1 aliphatic rings. The number of rotatable bonds is 1. The monoisotopic (exact) mass is 182 g/mol. The Hall–Kier alpha value is -1.76. The van der Waals surface area contributed by atoms with Gasteiger partial charge in [0.2, 0.25) is 5.95 Å². The average molecular weight is 182 g/mol. The minimum atomic E-state index is -0.231. The van der Waals surface area contributed by atoms with Crippen LogP contribution in [0.2, 0.25) is 0 Å². The highest BCUT2D eigenvalue weighted by Gasteiger charge is 2.13. The third kappa shape index (κ3) is 1.29. The van der Waals surface area contributed by atoms with Crippen LogP contribution >= 0.6 is 0 Å². The van der Waals surface area contributed by atoms with Crippen LogP contribution in [0.25, 0.3) is 0 Å². The molecule has 70 valence electrons. The van der Waals surface area contributed by atoms with Crippen LogP contribution in [0.3, 0.4) is 0 Å². The van der Waals surface area contributed by atoms with E-state index in [1.54, 1.807) is 0 Å². The first kappa shape index (κ1) is 7.87. The number of hydrogen-bond donors (Lipinski definition) is 5. The predicted molar refractivity (Wildman–Crippen MR) is 49.6 cm³/mol. The molecule has 1 aromatic heterocycles. The van der Waals surface area contributed by atoms with Crippen LogP contribution in [0.1, 0.15) is 0 Å². The Balaban J connectivity index is 2.53. The molecule has 0 spiro atoms. The van der Waals surface area contributed by atoms with Gasteiger partial charge in [-0.1, -0.05) is 0 Å². The second-order valence-corrected chi connectivity index (χ2v) is 2.64. The highest BCUT2D eigenvalue weighted by atomic mass is 16.1. The molecule has 2 heterocycles. The minimum Gasteiger partial charge on any atom is -0.376 e. The van der Waals surface area contributed by atoms with Crippen molar-refractivity contribution >= 4 is 17.5 Å². The second-order valence-electron chi connectivity index (χ2n) is 2.64. The lowest BCUT2D eigenvalue weighted by molar-refractivity contribution is 0.979. The first-order valence-corrected chi connectivity index (χ1v) is 3.90. The maximum absolute atomic E-state index is 11.3. The molecular formula is C6H10N6O. The zero-order valence-electron chi connectivity index (χ0n) is 6.85. The van der Waals surface area contributed by atoms with Gasteiger partial charge in [-0.25, -0.2) is 5.84 Å². The largest absolute Gasteiger partial charge is 0.376 e. The minimum absolute atomic E-state index is 0.231. The van der Waals surface area contributed by atoms with E-state index in [0.29, 0.717) is 18.1 Å². The summed E-state index contributed by atoms with van der Waals surface area (Å²) >= 11 is 0. The standard InChI is InChI=1S/C6H10N6O/c7-12-6-10-4-3(5(13)11-6)8-1-2-9-4/h8H,1-2,7H2,(H3,9,10,11,12,13). The topological polar surface area (TPSA) is 108 Å². The predicted octanol–water partition coefficient (Wildman–Crippen LogP) is -1.11. The normalized spacial score (nSPS) is 13.9. The quantitative estimate of drug-likeness (QED) is 0.278. The van der Waals surface area contributed by atoms with E-state index in [1.807, 2.05) is 0 Å². The molecular weight excluding hydrogens is 172 g/mol. The van der Waals surface area contributed by atoms with Crippen LogP contribution in [0.4, 0.5) is 17.5 Å². The van der Waals surface area contributed by atoms with Gasteiger partial charge < -0.3 is 10.6 Å². The van der Waals surface area contributed by atoms with Gasteiger partial charge in [-0.2, -0.15) is 4.98 Å². The molecule has 0 saturated heterocycles. The Morgan fingerprint density at radius 3 is 2.92 bits per heavy atom. The Morgan fingerprint density at radius 2 is 2.15 bits per heavy atom. The molecule has 0 aromatic carbocycles. The second kappa shape index (κ2) is 2.94. The summed E-state index contributed by atoms with van der Waals surface area (Å²) in [6.07, 6.45) is 0. The van der Waals surface area contributed by atoms with E-state index in [4.69, 9.17) is 5.84 Å². The number of nitrogens with zero attached hydrogens (tertiary/aromatic N) is 1. The third-order valence-electron chi connectivity index (χ3n) is 1.78. The average Bonchev–Trinajstić information content (AvgIpc) is 2.18. The molecule has 13 heavy (non-hydrogen) atoms. The molecule has 0 unspecified atom stereocenters. The number of hydrazine groups is 1. The lowest BCUT2D eigenvalue weighted by atomic mass is 10.3. The van der Waals surface area contributed by atoms with E-state index < -0.39 is 0 Å². The fraction of sp³-hybridized carbons (Fsp3) is 0.333. The van der Waals surface area contributed by atoms with Gasteiger partial charge in [0.25, 0.3) is 5.56 Å². The van der Waals surface area contributed by atoms with Crippen molar-refractivity contribution in [1.82, 2.24) is 9.97 Å². The number of nitrogen functional groups attached to an aromatic ring is 1. The van der Waals surface area contributed by atoms with Crippen molar-refractivity contribution < 1.29 is 0 Å². The van der Waals surface area contributed by atoms with Gasteiger partial charge in [0.1, 0.15) is 5.69 Å². The fourth-order valence-corrected chi connectivity index (χ4v) is 1.20. The smallest absolute Gasteiger partial charge is 0.277 e. The molecule has 0 saturated carbocycles. The zero-order chi connectivity index (χ0) is 9.26. The Kier molecular flexibility index (Phi) is 1.78. The van der Waals surface area contributed by atoms with E-state index in [0.717, 1.165) is 6.54 Å². The Bertz CT molecular complexity index is 372. The van der Waals surface area contributed by atoms with Gasteiger partial charge in [0.15, 0.2) is 5.82 Å². The molecule has 1 aliphatic heterocycles. The van der Waals surface area contributed by atoms with Crippen LogP contribution in [0, 0.1) is 0 Å². The molecule has 7 heteroatoms. The van der Waals surface area contributed by atoms with Crippen molar-refractivity contribution in [2.24, 2.45) is 5.84 Å². The third-order valence-corrected chi connectivity index (χ3v) is 1.78. The summed E-state index contributed by atoms with van der Waals surface area (Å²) in [5, 5.41) is 5.93. The van der Waals surface area contributed by atoms with Crippen LogP contribution in [0.15, 0.2) is 4.79 Å². The number of nitrogens with two attached hydrogens (primary N) is 1. The summed E-state index contributed by atoms with van der Waals surface area (Å²) in [5.41, 5.74) is 2.52. The molecule has 0 bridgehead atoms. The van der Waals surface area contributed by atoms with Crippen LogP contribution in [-0.4, -0.2) is 23.1 Å². The summed E-state index contributed by atoms with van der Waals surface area (Å²) < 4.78 is 0.